The van der Waals surface area contributed by atoms with Gasteiger partial charge in [-0.25, -0.2) is 0 Å². The van der Waals surface area contributed by atoms with Crippen molar-refractivity contribution >= 4 is 11.7 Å². The number of rotatable bonds is 9. The van der Waals surface area contributed by atoms with E-state index in [1.165, 1.54) is 0 Å². The molecular weight excluding hydrogens is 314 g/mol. The fourth-order valence-corrected chi connectivity index (χ4v) is 2.45. The number of hydrogen-bond acceptors (Lipinski definition) is 4. The summed E-state index contributed by atoms with van der Waals surface area (Å²) in [7, 11) is 3.95. The number of likely N-dealkylation sites (N-methyl/N-ethyl adjacent to an activating group) is 1. The Bertz CT molecular complexity index is 672. The first-order valence-corrected chi connectivity index (χ1v) is 8.47. The largest absolute Gasteiger partial charge is 0.336 e. The maximum Gasteiger partial charge on any atom is 0.223 e. The summed E-state index contributed by atoms with van der Waals surface area (Å²) in [6.07, 6.45) is 2.17. The molecule has 0 bridgehead atoms. The number of amides is 1. The number of aromatic nitrogens is 1. The molecule has 0 fully saturated rings. The van der Waals surface area contributed by atoms with Crippen LogP contribution in [0.25, 0.3) is 0 Å². The fourth-order valence-electron chi connectivity index (χ4n) is 2.45. The molecule has 0 aliphatic carbocycles. The van der Waals surface area contributed by atoms with Gasteiger partial charge in [-0.05, 0) is 26.2 Å². The predicted octanol–water partition coefficient (Wildman–Crippen LogP) is 2.63. The highest BCUT2D eigenvalue weighted by Crippen LogP contribution is 2.09. The van der Waals surface area contributed by atoms with Crippen LogP contribution in [0.4, 0.5) is 0 Å². The number of benzene rings is 1. The highest BCUT2D eigenvalue weighted by Gasteiger charge is 2.16. The molecule has 0 N–H and O–H groups in total. The summed E-state index contributed by atoms with van der Waals surface area (Å²) >= 11 is 0. The van der Waals surface area contributed by atoms with Crippen LogP contribution in [0.2, 0.25) is 0 Å². The third kappa shape index (κ3) is 6.47. The van der Waals surface area contributed by atoms with Crippen molar-refractivity contribution in [1.29, 1.82) is 0 Å². The molecule has 5 nitrogen and oxygen atoms in total. The van der Waals surface area contributed by atoms with Crippen molar-refractivity contribution in [1.82, 2.24) is 14.8 Å². The minimum absolute atomic E-state index is 0.000606. The van der Waals surface area contributed by atoms with E-state index < -0.39 is 0 Å². The van der Waals surface area contributed by atoms with E-state index in [4.69, 9.17) is 0 Å². The molecule has 0 radical (unpaired) electrons. The smallest absolute Gasteiger partial charge is 0.223 e. The number of carbonyl (C=O) groups is 2. The molecule has 132 valence electrons. The van der Waals surface area contributed by atoms with Crippen molar-refractivity contribution < 1.29 is 9.59 Å². The van der Waals surface area contributed by atoms with Gasteiger partial charge in [-0.3, -0.25) is 14.6 Å². The molecule has 0 aliphatic rings. The van der Waals surface area contributed by atoms with Crippen molar-refractivity contribution in [2.75, 3.05) is 27.2 Å². The second-order valence-corrected chi connectivity index (χ2v) is 6.23. The third-order valence-electron chi connectivity index (χ3n) is 3.91. The average Bonchev–Trinajstić information content (AvgIpc) is 2.64. The molecule has 1 heterocycles. The standard InChI is InChI=1S/C20H25N3O2/c1-22(2)14-15-23(16-18-10-6-7-13-21-18)20(25)12-11-19(24)17-8-4-3-5-9-17/h3-10,13H,11-12,14-16H2,1-2H3. The summed E-state index contributed by atoms with van der Waals surface area (Å²) in [5.41, 5.74) is 1.50. The zero-order chi connectivity index (χ0) is 18.1. The SMILES string of the molecule is CN(C)CCN(Cc1ccccn1)C(=O)CCC(=O)c1ccccc1. The van der Waals surface area contributed by atoms with Crippen LogP contribution < -0.4 is 0 Å². The molecule has 0 aliphatic heterocycles. The lowest BCUT2D eigenvalue weighted by molar-refractivity contribution is -0.132. The summed E-state index contributed by atoms with van der Waals surface area (Å²) in [6, 6.07) is 14.8. The monoisotopic (exact) mass is 339 g/mol. The molecule has 0 saturated heterocycles. The van der Waals surface area contributed by atoms with Gasteiger partial charge in [-0.2, -0.15) is 0 Å². The van der Waals surface area contributed by atoms with Crippen molar-refractivity contribution in [3.63, 3.8) is 0 Å². The van der Waals surface area contributed by atoms with Crippen LogP contribution >= 0.6 is 0 Å². The second-order valence-electron chi connectivity index (χ2n) is 6.23. The van der Waals surface area contributed by atoms with Gasteiger partial charge in [0.05, 0.1) is 12.2 Å². The molecule has 0 atom stereocenters. The normalized spacial score (nSPS) is 10.7. The van der Waals surface area contributed by atoms with Crippen LogP contribution in [0.15, 0.2) is 54.7 Å². The summed E-state index contributed by atoms with van der Waals surface area (Å²) < 4.78 is 0. The number of carbonyl (C=O) groups excluding carboxylic acids is 2. The Hall–Kier alpha value is -2.53. The number of Topliss-reactive ketones (excluding diaryl/α,β-unsaturated/α-hetero) is 1. The molecule has 1 aromatic heterocycles. The Labute approximate surface area is 149 Å². The van der Waals surface area contributed by atoms with Gasteiger partial charge in [0.15, 0.2) is 5.78 Å². The number of pyridine rings is 1. The molecule has 2 rings (SSSR count). The summed E-state index contributed by atoms with van der Waals surface area (Å²) in [5, 5.41) is 0. The first kappa shape index (κ1) is 18.8. The summed E-state index contributed by atoms with van der Waals surface area (Å²) in [5.74, 6) is -0.0175. The van der Waals surface area contributed by atoms with E-state index in [1.54, 1.807) is 23.2 Å². The van der Waals surface area contributed by atoms with Crippen molar-refractivity contribution in [2.45, 2.75) is 19.4 Å². The van der Waals surface area contributed by atoms with Crippen LogP contribution in [-0.4, -0.2) is 53.7 Å². The van der Waals surface area contributed by atoms with E-state index >= 15 is 0 Å². The van der Waals surface area contributed by atoms with Gasteiger partial charge in [0, 0.05) is 37.7 Å². The molecule has 0 unspecified atom stereocenters. The van der Waals surface area contributed by atoms with Gasteiger partial charge in [-0.15, -0.1) is 0 Å². The highest BCUT2D eigenvalue weighted by molar-refractivity contribution is 5.97. The van der Waals surface area contributed by atoms with Crippen molar-refractivity contribution in [3.8, 4) is 0 Å². The number of nitrogens with zero attached hydrogens (tertiary/aromatic N) is 3. The molecular formula is C20H25N3O2. The molecule has 1 aromatic carbocycles. The van der Waals surface area contributed by atoms with E-state index in [-0.39, 0.29) is 24.5 Å². The van der Waals surface area contributed by atoms with Gasteiger partial charge in [0.25, 0.3) is 0 Å². The first-order valence-electron chi connectivity index (χ1n) is 8.47. The van der Waals surface area contributed by atoms with Crippen LogP contribution in [-0.2, 0) is 11.3 Å². The lowest BCUT2D eigenvalue weighted by Gasteiger charge is -2.24. The van der Waals surface area contributed by atoms with Crippen molar-refractivity contribution in [2.24, 2.45) is 0 Å². The van der Waals surface area contributed by atoms with E-state index in [9.17, 15) is 9.59 Å². The van der Waals surface area contributed by atoms with E-state index in [0.717, 1.165) is 12.2 Å². The second kappa shape index (κ2) is 9.69. The van der Waals surface area contributed by atoms with Gasteiger partial charge in [0.1, 0.15) is 0 Å². The zero-order valence-electron chi connectivity index (χ0n) is 14.9. The molecule has 1 amide bonds. The van der Waals surface area contributed by atoms with Crippen LogP contribution in [0.5, 0.6) is 0 Å². The molecule has 0 saturated carbocycles. The molecule has 5 heteroatoms. The van der Waals surface area contributed by atoms with Crippen molar-refractivity contribution in [3.05, 3.63) is 66.0 Å². The Morgan fingerprint density at radius 3 is 2.28 bits per heavy atom. The maximum absolute atomic E-state index is 12.6. The minimum Gasteiger partial charge on any atom is -0.336 e. The lowest BCUT2D eigenvalue weighted by atomic mass is 10.1. The van der Waals surface area contributed by atoms with Crippen LogP contribution in [0, 0.1) is 0 Å². The Kier molecular flexibility index (Phi) is 7.29. The van der Waals surface area contributed by atoms with E-state index in [0.29, 0.717) is 18.7 Å². The topological polar surface area (TPSA) is 53.5 Å². The maximum atomic E-state index is 12.6. The minimum atomic E-state index is -0.0169. The quantitative estimate of drug-likeness (QED) is 0.659. The Morgan fingerprint density at radius 2 is 1.64 bits per heavy atom. The Balaban J connectivity index is 1.95. The fraction of sp³-hybridized carbons (Fsp3) is 0.350. The first-order chi connectivity index (χ1) is 12.1. The number of hydrogen-bond donors (Lipinski definition) is 0. The van der Waals surface area contributed by atoms with Crippen LogP contribution in [0.3, 0.4) is 0 Å². The molecule has 25 heavy (non-hydrogen) atoms. The van der Waals surface area contributed by atoms with E-state index in [2.05, 4.69) is 4.98 Å². The molecule has 2 aromatic rings. The van der Waals surface area contributed by atoms with Gasteiger partial charge >= 0.3 is 0 Å². The molecule has 0 spiro atoms. The number of ketones is 1. The third-order valence-corrected chi connectivity index (χ3v) is 3.91. The van der Waals surface area contributed by atoms with E-state index in [1.807, 2.05) is 55.4 Å². The zero-order valence-corrected chi connectivity index (χ0v) is 14.9. The van der Waals surface area contributed by atoms with Gasteiger partial charge in [-0.1, -0.05) is 36.4 Å². The predicted molar refractivity (Wildman–Crippen MR) is 98.2 cm³/mol. The highest BCUT2D eigenvalue weighted by atomic mass is 16.2. The van der Waals surface area contributed by atoms with Crippen LogP contribution in [0.1, 0.15) is 28.9 Å². The summed E-state index contributed by atoms with van der Waals surface area (Å²) in [6.45, 7) is 1.85. The lowest BCUT2D eigenvalue weighted by Crippen LogP contribution is -2.36. The Morgan fingerprint density at radius 1 is 0.920 bits per heavy atom. The van der Waals surface area contributed by atoms with Gasteiger partial charge in [0.2, 0.25) is 5.91 Å². The van der Waals surface area contributed by atoms with Gasteiger partial charge < -0.3 is 9.80 Å². The summed E-state index contributed by atoms with van der Waals surface area (Å²) in [4.78, 5) is 32.9. The average molecular weight is 339 g/mol.